The summed E-state index contributed by atoms with van der Waals surface area (Å²) < 4.78 is 72.3. The number of hydrogen-bond donors (Lipinski definition) is 1. The van der Waals surface area contributed by atoms with Crippen LogP contribution in [0, 0.1) is 5.82 Å². The maximum absolute atomic E-state index is 14.0. The van der Waals surface area contributed by atoms with Crippen LogP contribution in [-0.4, -0.2) is 51.5 Å². The molecule has 1 fully saturated rings. The molecule has 1 N–H and O–H groups in total. The lowest BCUT2D eigenvalue weighted by Crippen LogP contribution is -2.39. The number of halogens is 4. The first-order valence-corrected chi connectivity index (χ1v) is 16.4. The second kappa shape index (κ2) is 10.8. The molecule has 2 aromatic carbocycles. The number of fused-ring (bicyclic) bond motifs is 2. The van der Waals surface area contributed by atoms with E-state index in [0.29, 0.717) is 37.9 Å². The molecule has 0 bridgehead atoms. The van der Waals surface area contributed by atoms with Gasteiger partial charge in [-0.1, -0.05) is 17.7 Å². The number of benzene rings is 2. The van der Waals surface area contributed by atoms with Crippen molar-refractivity contribution in [1.82, 2.24) is 29.4 Å². The third-order valence-electron chi connectivity index (χ3n) is 7.16. The standard InChI is InChI=1S/C27H19ClF3N7O2S3/c28-18-9-14(29)1-3-17(18)24-23(20-5-7-38(35-20)27(30)31)21-10-15(12-37(21)25(34-24)26-32-6-8-41-26)36-43(39,40)16-2-4-19-22(11-16)42-13-33-19/h1-9,11,13,15,24,27,36H,10,12H2/t15-,24-/m0/s1. The van der Waals surface area contributed by atoms with Gasteiger partial charge in [0.2, 0.25) is 10.0 Å². The third-order valence-corrected chi connectivity index (χ3v) is 10.6. The zero-order valence-electron chi connectivity index (χ0n) is 21.7. The van der Waals surface area contributed by atoms with Crippen LogP contribution in [0.4, 0.5) is 13.2 Å². The lowest BCUT2D eigenvalue weighted by atomic mass is 9.92. The molecule has 3 aromatic heterocycles. The molecule has 2 aliphatic heterocycles. The van der Waals surface area contributed by atoms with Gasteiger partial charge in [0.25, 0.3) is 0 Å². The van der Waals surface area contributed by atoms with Crippen molar-refractivity contribution in [3.8, 4) is 0 Å². The summed E-state index contributed by atoms with van der Waals surface area (Å²) in [5.41, 5.74) is 4.09. The number of aromatic nitrogens is 4. The fourth-order valence-electron chi connectivity index (χ4n) is 5.32. The van der Waals surface area contributed by atoms with Crippen molar-refractivity contribution >= 4 is 65.9 Å². The molecule has 220 valence electrons. The average Bonchev–Trinajstić information content (AvgIpc) is 3.78. The number of nitrogens with one attached hydrogen (secondary N) is 1. The topological polar surface area (TPSA) is 105 Å². The van der Waals surface area contributed by atoms with Crippen LogP contribution in [-0.2, 0) is 10.0 Å². The molecule has 5 aromatic rings. The number of nitrogens with zero attached hydrogens (tertiary/aromatic N) is 6. The Hall–Kier alpha value is -3.63. The number of amidine groups is 1. The summed E-state index contributed by atoms with van der Waals surface area (Å²) in [7, 11) is -3.95. The molecular formula is C27H19ClF3N7O2S3. The van der Waals surface area contributed by atoms with E-state index in [1.54, 1.807) is 29.2 Å². The van der Waals surface area contributed by atoms with Crippen LogP contribution in [0.5, 0.6) is 0 Å². The van der Waals surface area contributed by atoms with Crippen LogP contribution in [0.1, 0.15) is 35.3 Å². The van der Waals surface area contributed by atoms with Gasteiger partial charge < -0.3 is 4.90 Å². The van der Waals surface area contributed by atoms with Crippen LogP contribution in [0.2, 0.25) is 5.02 Å². The van der Waals surface area contributed by atoms with Crippen molar-refractivity contribution in [3.05, 3.63) is 98.6 Å². The molecule has 16 heteroatoms. The zero-order valence-corrected chi connectivity index (χ0v) is 24.9. The minimum absolute atomic E-state index is 0.0980. The van der Waals surface area contributed by atoms with Gasteiger partial charge in [-0.3, -0.25) is 4.99 Å². The zero-order chi connectivity index (χ0) is 29.9. The normalized spacial score (nSPS) is 19.0. The number of sulfonamides is 1. The Bertz CT molecular complexity index is 2030. The second-order valence-corrected chi connectivity index (χ2v) is 13.7. The molecule has 0 aliphatic carbocycles. The second-order valence-electron chi connectivity index (χ2n) is 9.79. The van der Waals surface area contributed by atoms with Crippen molar-refractivity contribution in [2.75, 3.05) is 6.54 Å². The lowest BCUT2D eigenvalue weighted by molar-refractivity contribution is 0.0564. The molecule has 0 unspecified atom stereocenters. The van der Waals surface area contributed by atoms with E-state index in [4.69, 9.17) is 16.6 Å². The van der Waals surface area contributed by atoms with E-state index in [-0.39, 0.29) is 28.6 Å². The Labute approximate surface area is 256 Å². The fourth-order valence-corrected chi connectivity index (χ4v) is 8.28. The molecule has 2 aliphatic rings. The minimum atomic E-state index is -3.95. The predicted molar refractivity (Wildman–Crippen MR) is 158 cm³/mol. The van der Waals surface area contributed by atoms with Gasteiger partial charge in [-0.15, -0.1) is 22.7 Å². The minimum Gasteiger partial charge on any atom is -0.326 e. The highest BCUT2D eigenvalue weighted by molar-refractivity contribution is 7.89. The van der Waals surface area contributed by atoms with Gasteiger partial charge in [0, 0.05) is 58.6 Å². The molecular weight excluding hydrogens is 643 g/mol. The van der Waals surface area contributed by atoms with Crippen LogP contribution < -0.4 is 4.72 Å². The van der Waals surface area contributed by atoms with E-state index in [1.165, 1.54) is 46.9 Å². The molecule has 7 rings (SSSR count). The van der Waals surface area contributed by atoms with E-state index in [2.05, 4.69) is 19.8 Å². The first kappa shape index (κ1) is 28.2. The first-order chi connectivity index (χ1) is 20.7. The van der Waals surface area contributed by atoms with E-state index in [9.17, 15) is 21.6 Å². The van der Waals surface area contributed by atoms with Crippen molar-refractivity contribution in [2.24, 2.45) is 4.99 Å². The van der Waals surface area contributed by atoms with E-state index in [0.717, 1.165) is 17.0 Å². The van der Waals surface area contributed by atoms with Gasteiger partial charge >= 0.3 is 6.55 Å². The Morgan fingerprint density at radius 3 is 2.70 bits per heavy atom. The Morgan fingerprint density at radius 2 is 1.95 bits per heavy atom. The molecule has 1 saturated heterocycles. The maximum atomic E-state index is 14.0. The summed E-state index contributed by atoms with van der Waals surface area (Å²) >= 11 is 9.18. The molecule has 0 amide bonds. The van der Waals surface area contributed by atoms with E-state index in [1.807, 2.05) is 4.90 Å². The van der Waals surface area contributed by atoms with E-state index >= 15 is 0 Å². The van der Waals surface area contributed by atoms with Gasteiger partial charge in [-0.2, -0.15) is 13.9 Å². The summed E-state index contributed by atoms with van der Waals surface area (Å²) in [6.07, 6.45) is 2.97. The van der Waals surface area contributed by atoms with Crippen LogP contribution in [0.15, 0.2) is 81.3 Å². The van der Waals surface area contributed by atoms with Crippen LogP contribution in [0.3, 0.4) is 0 Å². The molecule has 0 saturated carbocycles. The summed E-state index contributed by atoms with van der Waals surface area (Å²) in [6, 6.07) is 8.62. The maximum Gasteiger partial charge on any atom is 0.333 e. The molecule has 9 nitrogen and oxygen atoms in total. The molecule has 43 heavy (non-hydrogen) atoms. The molecule has 2 atom stereocenters. The van der Waals surface area contributed by atoms with Crippen molar-refractivity contribution < 1.29 is 21.6 Å². The summed E-state index contributed by atoms with van der Waals surface area (Å²) in [4.78, 5) is 15.5. The third kappa shape index (κ3) is 5.14. The SMILES string of the molecule is O=S(=O)(N[C@H]1CC2=C(c3ccn(C(F)F)n3)[C@H](c3ccc(F)cc3Cl)N=C(c3nccs3)N2C1)c1ccc2ncsc2c1. The van der Waals surface area contributed by atoms with Crippen molar-refractivity contribution in [2.45, 2.75) is 29.9 Å². The first-order valence-electron chi connectivity index (χ1n) is 12.8. The molecule has 0 radical (unpaired) electrons. The van der Waals surface area contributed by atoms with Gasteiger partial charge in [0.15, 0.2) is 10.8 Å². The monoisotopic (exact) mass is 661 g/mol. The quantitative estimate of drug-likeness (QED) is 0.226. The van der Waals surface area contributed by atoms with Crippen LogP contribution in [0.25, 0.3) is 15.8 Å². The summed E-state index contributed by atoms with van der Waals surface area (Å²) in [6.45, 7) is -2.68. The largest absolute Gasteiger partial charge is 0.333 e. The molecule has 0 spiro atoms. The van der Waals surface area contributed by atoms with Gasteiger partial charge in [-0.25, -0.2) is 32.2 Å². The van der Waals surface area contributed by atoms with Gasteiger partial charge in [0.05, 0.1) is 26.3 Å². The number of alkyl halides is 2. The number of aliphatic imine (C=N–C) groups is 1. The highest BCUT2D eigenvalue weighted by Crippen LogP contribution is 2.46. The van der Waals surface area contributed by atoms with Gasteiger partial charge in [-0.05, 0) is 36.4 Å². The fraction of sp³-hybridized carbons (Fsp3) is 0.185. The van der Waals surface area contributed by atoms with Crippen molar-refractivity contribution in [3.63, 3.8) is 0 Å². The predicted octanol–water partition coefficient (Wildman–Crippen LogP) is 6.10. The summed E-state index contributed by atoms with van der Waals surface area (Å²) in [5, 5.41) is 6.56. The smallest absolute Gasteiger partial charge is 0.326 e. The average molecular weight is 662 g/mol. The van der Waals surface area contributed by atoms with Crippen molar-refractivity contribution in [1.29, 1.82) is 0 Å². The molecule has 5 heterocycles. The van der Waals surface area contributed by atoms with Crippen LogP contribution >= 0.6 is 34.3 Å². The number of hydrogen-bond acceptors (Lipinski definition) is 9. The van der Waals surface area contributed by atoms with E-state index < -0.39 is 34.5 Å². The number of rotatable bonds is 7. The summed E-state index contributed by atoms with van der Waals surface area (Å²) in [5.74, 6) is -0.0847. The lowest BCUT2D eigenvalue weighted by Gasteiger charge is -2.32. The highest BCUT2D eigenvalue weighted by Gasteiger charge is 2.42. The number of thiazole rings is 2. The van der Waals surface area contributed by atoms with Gasteiger partial charge in [0.1, 0.15) is 11.9 Å². The highest BCUT2D eigenvalue weighted by atomic mass is 35.5. The Balaban J connectivity index is 1.34. The Morgan fingerprint density at radius 1 is 1.09 bits per heavy atom. The Kier molecular flexibility index (Phi) is 7.09.